The molecule has 112 valence electrons. The molecule has 0 radical (unpaired) electrons. The van der Waals surface area contributed by atoms with Crippen LogP contribution in [0.4, 0.5) is 5.95 Å². The lowest BCUT2D eigenvalue weighted by molar-refractivity contribution is 0.306. The molecule has 1 heterocycles. The topological polar surface area (TPSA) is 75.7 Å². The molecule has 0 aliphatic carbocycles. The predicted molar refractivity (Wildman–Crippen MR) is 83.5 cm³/mol. The molecule has 22 heavy (non-hydrogen) atoms. The van der Waals surface area contributed by atoms with Crippen molar-refractivity contribution in [2.45, 2.75) is 20.1 Å². The second-order valence-electron chi connectivity index (χ2n) is 5.01. The summed E-state index contributed by atoms with van der Waals surface area (Å²) in [6.45, 7) is 3.24. The molecule has 3 aromatic rings. The highest BCUT2D eigenvalue weighted by atomic mass is 16.5. The molecule has 6 nitrogen and oxygen atoms in total. The minimum absolute atomic E-state index is 0.478. The van der Waals surface area contributed by atoms with Crippen molar-refractivity contribution in [3.05, 3.63) is 65.2 Å². The Morgan fingerprint density at radius 1 is 1.09 bits per heavy atom. The van der Waals surface area contributed by atoms with Gasteiger partial charge in [-0.05, 0) is 35.4 Å². The summed E-state index contributed by atoms with van der Waals surface area (Å²) in [5.41, 5.74) is 3.49. The van der Waals surface area contributed by atoms with Gasteiger partial charge < -0.3 is 10.1 Å². The van der Waals surface area contributed by atoms with Gasteiger partial charge in [0.25, 0.3) is 5.95 Å². The van der Waals surface area contributed by atoms with Crippen LogP contribution in [0.25, 0.3) is 0 Å². The van der Waals surface area contributed by atoms with E-state index >= 15 is 0 Å². The van der Waals surface area contributed by atoms with Crippen LogP contribution in [0, 0.1) is 6.92 Å². The number of benzene rings is 2. The quantitative estimate of drug-likeness (QED) is 0.731. The monoisotopic (exact) mass is 295 g/mol. The van der Waals surface area contributed by atoms with Crippen LogP contribution in [0.2, 0.25) is 0 Å². The molecule has 3 rings (SSSR count). The number of hydrogen-bond acceptors (Lipinski definition) is 5. The fraction of sp³-hybridized carbons (Fsp3) is 0.188. The van der Waals surface area contributed by atoms with Crippen LogP contribution in [0.3, 0.4) is 0 Å². The van der Waals surface area contributed by atoms with Crippen LogP contribution in [0.5, 0.6) is 5.75 Å². The minimum atomic E-state index is 0.478. The number of hydrogen-bond donors (Lipinski definition) is 2. The Hall–Kier alpha value is -2.89. The van der Waals surface area contributed by atoms with E-state index in [2.05, 4.69) is 57.1 Å². The van der Waals surface area contributed by atoms with Crippen LogP contribution < -0.4 is 10.1 Å². The van der Waals surface area contributed by atoms with Crippen molar-refractivity contribution in [2.75, 3.05) is 5.32 Å². The first-order valence-corrected chi connectivity index (χ1v) is 7.04. The van der Waals surface area contributed by atoms with E-state index in [4.69, 9.17) is 4.74 Å². The fourth-order valence-corrected chi connectivity index (χ4v) is 2.01. The van der Waals surface area contributed by atoms with Crippen molar-refractivity contribution in [2.24, 2.45) is 0 Å². The number of aryl methyl sites for hydroxylation is 1. The molecule has 0 spiro atoms. The summed E-state index contributed by atoms with van der Waals surface area (Å²) in [6.07, 6.45) is 0. The first-order valence-electron chi connectivity index (χ1n) is 7.04. The van der Waals surface area contributed by atoms with Gasteiger partial charge in [-0.3, -0.25) is 0 Å². The van der Waals surface area contributed by atoms with Crippen LogP contribution in [0.1, 0.15) is 16.7 Å². The summed E-state index contributed by atoms with van der Waals surface area (Å²) in [5.74, 6) is 1.32. The second-order valence-corrected chi connectivity index (χ2v) is 5.01. The first-order chi connectivity index (χ1) is 10.8. The summed E-state index contributed by atoms with van der Waals surface area (Å²) in [7, 11) is 0. The van der Waals surface area contributed by atoms with E-state index in [1.807, 2.05) is 24.3 Å². The van der Waals surface area contributed by atoms with E-state index in [9.17, 15) is 0 Å². The largest absolute Gasteiger partial charge is 0.489 e. The molecular formula is C16H17N5O. The van der Waals surface area contributed by atoms with Crippen LogP contribution in [-0.2, 0) is 13.2 Å². The van der Waals surface area contributed by atoms with E-state index in [-0.39, 0.29) is 0 Å². The number of tetrazole rings is 1. The molecule has 0 saturated heterocycles. The van der Waals surface area contributed by atoms with Gasteiger partial charge in [0.2, 0.25) is 0 Å². The summed E-state index contributed by atoms with van der Waals surface area (Å²) < 4.78 is 5.83. The van der Waals surface area contributed by atoms with Gasteiger partial charge >= 0.3 is 0 Å². The first kappa shape index (κ1) is 14.1. The molecule has 0 aliphatic heterocycles. The normalized spacial score (nSPS) is 10.4. The third kappa shape index (κ3) is 3.82. The molecule has 0 amide bonds. The average Bonchev–Trinajstić information content (AvgIpc) is 3.06. The number of H-pyrrole nitrogens is 1. The number of nitrogens with one attached hydrogen (secondary N) is 2. The second kappa shape index (κ2) is 6.71. The van der Waals surface area contributed by atoms with E-state index < -0.39 is 0 Å². The van der Waals surface area contributed by atoms with Gasteiger partial charge in [0.1, 0.15) is 12.4 Å². The van der Waals surface area contributed by atoms with Crippen LogP contribution >= 0.6 is 0 Å². The van der Waals surface area contributed by atoms with Crippen molar-refractivity contribution >= 4 is 5.95 Å². The zero-order valence-corrected chi connectivity index (χ0v) is 12.3. The molecule has 0 atom stereocenters. The zero-order chi connectivity index (χ0) is 15.2. The molecule has 0 aliphatic rings. The van der Waals surface area contributed by atoms with Crippen LogP contribution in [-0.4, -0.2) is 20.6 Å². The lowest BCUT2D eigenvalue weighted by Gasteiger charge is -2.08. The Bertz CT molecular complexity index is 710. The van der Waals surface area contributed by atoms with Gasteiger partial charge in [0, 0.05) is 6.54 Å². The number of aromatic amines is 1. The van der Waals surface area contributed by atoms with Crippen molar-refractivity contribution in [1.82, 2.24) is 20.6 Å². The highest BCUT2D eigenvalue weighted by Gasteiger charge is 2.01. The van der Waals surface area contributed by atoms with Gasteiger partial charge in [-0.2, -0.15) is 5.21 Å². The van der Waals surface area contributed by atoms with Gasteiger partial charge in [0.05, 0.1) is 0 Å². The molecule has 0 bridgehead atoms. The van der Waals surface area contributed by atoms with Crippen molar-refractivity contribution in [3.63, 3.8) is 0 Å². The van der Waals surface area contributed by atoms with E-state index in [0.29, 0.717) is 19.1 Å². The molecule has 0 unspecified atom stereocenters. The smallest absolute Gasteiger partial charge is 0.263 e. The maximum atomic E-state index is 5.83. The molecular weight excluding hydrogens is 278 g/mol. The minimum Gasteiger partial charge on any atom is -0.489 e. The lowest BCUT2D eigenvalue weighted by Crippen LogP contribution is -2.02. The third-order valence-electron chi connectivity index (χ3n) is 3.22. The van der Waals surface area contributed by atoms with Crippen molar-refractivity contribution in [3.8, 4) is 5.75 Å². The summed E-state index contributed by atoms with van der Waals surface area (Å²) in [4.78, 5) is 0. The van der Waals surface area contributed by atoms with Crippen molar-refractivity contribution < 1.29 is 4.74 Å². The number of nitrogens with zero attached hydrogens (tertiary/aromatic N) is 3. The zero-order valence-electron chi connectivity index (χ0n) is 12.3. The van der Waals surface area contributed by atoms with Gasteiger partial charge in [-0.15, -0.1) is 5.10 Å². The molecule has 2 N–H and O–H groups in total. The van der Waals surface area contributed by atoms with Gasteiger partial charge in [-0.25, -0.2) is 0 Å². The Labute approximate surface area is 128 Å². The fourth-order valence-electron chi connectivity index (χ4n) is 2.01. The summed E-state index contributed by atoms with van der Waals surface area (Å²) >= 11 is 0. The van der Waals surface area contributed by atoms with Crippen molar-refractivity contribution in [1.29, 1.82) is 0 Å². The molecule has 1 aromatic heterocycles. The predicted octanol–water partition coefficient (Wildman–Crippen LogP) is 2.70. The summed E-state index contributed by atoms with van der Waals surface area (Å²) in [5, 5.41) is 16.7. The highest BCUT2D eigenvalue weighted by Crippen LogP contribution is 2.16. The van der Waals surface area contributed by atoms with E-state index in [1.54, 1.807) is 0 Å². The number of rotatable bonds is 6. The Morgan fingerprint density at radius 3 is 2.73 bits per heavy atom. The highest BCUT2D eigenvalue weighted by molar-refractivity contribution is 5.32. The number of anilines is 1. The number of aromatic nitrogens is 4. The standard InChI is InChI=1S/C16H17N5O/c1-12-5-7-13(8-6-12)11-22-15-4-2-3-14(9-15)10-17-16-18-20-21-19-16/h2-9H,10-11H2,1H3,(H2,17,18,19,20,21). The SMILES string of the molecule is Cc1ccc(COc2cccc(CNc3nn[nH]n3)c2)cc1. The van der Waals surface area contributed by atoms with Gasteiger partial charge in [0.15, 0.2) is 0 Å². The third-order valence-corrected chi connectivity index (χ3v) is 3.22. The molecule has 2 aromatic carbocycles. The number of ether oxygens (including phenoxy) is 1. The Balaban J connectivity index is 1.57. The maximum Gasteiger partial charge on any atom is 0.263 e. The summed E-state index contributed by atoms with van der Waals surface area (Å²) in [6, 6.07) is 16.3. The van der Waals surface area contributed by atoms with E-state index in [0.717, 1.165) is 16.9 Å². The molecule has 0 saturated carbocycles. The van der Waals surface area contributed by atoms with Gasteiger partial charge in [-0.1, -0.05) is 47.1 Å². The maximum absolute atomic E-state index is 5.83. The average molecular weight is 295 g/mol. The Morgan fingerprint density at radius 2 is 1.95 bits per heavy atom. The molecule has 0 fully saturated rings. The van der Waals surface area contributed by atoms with E-state index in [1.165, 1.54) is 5.56 Å². The lowest BCUT2D eigenvalue weighted by atomic mass is 10.2. The molecule has 6 heteroatoms. The Kier molecular flexibility index (Phi) is 4.29. The van der Waals surface area contributed by atoms with Crippen LogP contribution in [0.15, 0.2) is 48.5 Å².